The van der Waals surface area contributed by atoms with Crippen LogP contribution in [0.5, 0.6) is 17.2 Å². The standard InChI is InChI=1S/C21H21ClN2O5/c22-15-1-4-17(5-2-15)27-8-7-23-21(26)14-11-20(25)24(13-14)16-3-6-18-19(12-16)29-10-9-28-18/h1-6,12,14H,7-11,13H2,(H,23,26)/t14-/m0/s1. The van der Waals surface area contributed by atoms with Crippen molar-refractivity contribution >= 4 is 29.1 Å². The minimum atomic E-state index is -0.397. The maximum Gasteiger partial charge on any atom is 0.227 e. The molecule has 8 heteroatoms. The van der Waals surface area contributed by atoms with Crippen LogP contribution in [0.25, 0.3) is 0 Å². The van der Waals surface area contributed by atoms with Crippen molar-refractivity contribution in [2.75, 3.05) is 37.8 Å². The van der Waals surface area contributed by atoms with Crippen LogP contribution in [-0.2, 0) is 9.59 Å². The number of fused-ring (bicyclic) bond motifs is 1. The second-order valence-corrected chi connectivity index (χ2v) is 7.26. The molecule has 1 saturated heterocycles. The van der Waals surface area contributed by atoms with Crippen molar-refractivity contribution < 1.29 is 23.8 Å². The van der Waals surface area contributed by atoms with E-state index in [1.807, 2.05) is 6.07 Å². The molecule has 1 fully saturated rings. The monoisotopic (exact) mass is 416 g/mol. The van der Waals surface area contributed by atoms with E-state index in [-0.39, 0.29) is 18.2 Å². The molecule has 0 radical (unpaired) electrons. The first-order chi connectivity index (χ1) is 14.1. The Balaban J connectivity index is 1.28. The van der Waals surface area contributed by atoms with Crippen molar-refractivity contribution in [3.63, 3.8) is 0 Å². The van der Waals surface area contributed by atoms with E-state index in [9.17, 15) is 9.59 Å². The molecule has 2 heterocycles. The van der Waals surface area contributed by atoms with E-state index in [2.05, 4.69) is 5.32 Å². The largest absolute Gasteiger partial charge is 0.492 e. The number of carbonyl (C=O) groups is 2. The first-order valence-corrected chi connectivity index (χ1v) is 9.84. The predicted molar refractivity (Wildman–Crippen MR) is 108 cm³/mol. The molecule has 0 aromatic heterocycles. The zero-order valence-corrected chi connectivity index (χ0v) is 16.5. The van der Waals surface area contributed by atoms with E-state index in [4.69, 9.17) is 25.8 Å². The minimum absolute atomic E-state index is 0.0840. The van der Waals surface area contributed by atoms with Gasteiger partial charge in [0.15, 0.2) is 11.5 Å². The van der Waals surface area contributed by atoms with Crippen molar-refractivity contribution in [1.29, 1.82) is 0 Å². The highest BCUT2D eigenvalue weighted by molar-refractivity contribution is 6.30. The van der Waals surface area contributed by atoms with Crippen molar-refractivity contribution in [2.45, 2.75) is 6.42 Å². The highest BCUT2D eigenvalue weighted by Gasteiger charge is 2.35. The molecule has 7 nitrogen and oxygen atoms in total. The number of anilines is 1. The van der Waals surface area contributed by atoms with Gasteiger partial charge in [0, 0.05) is 29.7 Å². The van der Waals surface area contributed by atoms with Crippen LogP contribution >= 0.6 is 11.6 Å². The van der Waals surface area contributed by atoms with Gasteiger partial charge in [-0.3, -0.25) is 9.59 Å². The smallest absolute Gasteiger partial charge is 0.227 e. The van der Waals surface area contributed by atoms with Crippen LogP contribution in [0.15, 0.2) is 42.5 Å². The van der Waals surface area contributed by atoms with Gasteiger partial charge in [0.1, 0.15) is 25.6 Å². The van der Waals surface area contributed by atoms with Crippen molar-refractivity contribution in [3.8, 4) is 17.2 Å². The number of hydrogen-bond acceptors (Lipinski definition) is 5. The highest BCUT2D eigenvalue weighted by atomic mass is 35.5. The van der Waals surface area contributed by atoms with Gasteiger partial charge in [-0.2, -0.15) is 0 Å². The van der Waals surface area contributed by atoms with E-state index >= 15 is 0 Å². The van der Waals surface area contributed by atoms with Gasteiger partial charge in [0.25, 0.3) is 0 Å². The number of halogens is 1. The second kappa shape index (κ2) is 8.61. The summed E-state index contributed by atoms with van der Waals surface area (Å²) in [5, 5.41) is 3.47. The molecule has 2 amide bonds. The summed E-state index contributed by atoms with van der Waals surface area (Å²) >= 11 is 5.83. The lowest BCUT2D eigenvalue weighted by Gasteiger charge is -2.22. The third-order valence-electron chi connectivity index (χ3n) is 4.82. The SMILES string of the molecule is O=C(NCCOc1ccc(Cl)cc1)[C@H]1CC(=O)N(c2ccc3c(c2)OCCO3)C1. The number of amides is 2. The van der Waals surface area contributed by atoms with E-state index in [1.165, 1.54) is 0 Å². The molecule has 152 valence electrons. The Morgan fingerprint density at radius 2 is 1.90 bits per heavy atom. The zero-order valence-electron chi connectivity index (χ0n) is 15.7. The van der Waals surface area contributed by atoms with Crippen LogP contribution in [0, 0.1) is 5.92 Å². The van der Waals surface area contributed by atoms with E-state index in [1.54, 1.807) is 41.3 Å². The number of nitrogens with zero attached hydrogens (tertiary/aromatic N) is 1. The molecule has 2 aliphatic heterocycles. The molecule has 29 heavy (non-hydrogen) atoms. The van der Waals surface area contributed by atoms with Crippen LogP contribution in [-0.4, -0.2) is 44.7 Å². The Morgan fingerprint density at radius 3 is 2.69 bits per heavy atom. The molecule has 0 saturated carbocycles. The maximum absolute atomic E-state index is 12.4. The van der Waals surface area contributed by atoms with Crippen LogP contribution < -0.4 is 24.4 Å². The van der Waals surface area contributed by atoms with Gasteiger partial charge in [0.05, 0.1) is 12.5 Å². The molecule has 1 atom stereocenters. The number of benzene rings is 2. The Bertz CT molecular complexity index is 902. The number of hydrogen-bond donors (Lipinski definition) is 1. The summed E-state index contributed by atoms with van der Waals surface area (Å²) in [7, 11) is 0. The quantitative estimate of drug-likeness (QED) is 0.732. The summed E-state index contributed by atoms with van der Waals surface area (Å²) < 4.78 is 16.6. The van der Waals surface area contributed by atoms with Crippen LogP contribution in [0.3, 0.4) is 0 Å². The molecular formula is C21H21ClN2O5. The van der Waals surface area contributed by atoms with Gasteiger partial charge in [-0.25, -0.2) is 0 Å². The molecule has 2 aromatic rings. The fourth-order valence-corrected chi connectivity index (χ4v) is 3.48. The maximum atomic E-state index is 12.4. The van der Waals surface area contributed by atoms with Gasteiger partial charge >= 0.3 is 0 Å². The third-order valence-corrected chi connectivity index (χ3v) is 5.07. The summed E-state index contributed by atoms with van der Waals surface area (Å²) in [6, 6.07) is 12.4. The number of rotatable bonds is 6. The van der Waals surface area contributed by atoms with Gasteiger partial charge in [-0.15, -0.1) is 0 Å². The van der Waals surface area contributed by atoms with Crippen molar-refractivity contribution in [1.82, 2.24) is 5.32 Å². The predicted octanol–water partition coefficient (Wildman–Crippen LogP) is 2.66. The van der Waals surface area contributed by atoms with E-state index < -0.39 is 5.92 Å². The van der Waals surface area contributed by atoms with Crippen molar-refractivity contribution in [2.24, 2.45) is 5.92 Å². The lowest BCUT2D eigenvalue weighted by atomic mass is 10.1. The number of carbonyl (C=O) groups excluding carboxylic acids is 2. The van der Waals surface area contributed by atoms with Gasteiger partial charge in [-0.1, -0.05) is 11.6 Å². The Labute approximate surface area is 173 Å². The average Bonchev–Trinajstić information content (AvgIpc) is 3.14. The zero-order chi connectivity index (χ0) is 20.2. The summed E-state index contributed by atoms with van der Waals surface area (Å²) in [6.45, 7) is 2.02. The summed E-state index contributed by atoms with van der Waals surface area (Å²) in [6.07, 6.45) is 0.179. The lowest BCUT2D eigenvalue weighted by molar-refractivity contribution is -0.126. The van der Waals surface area contributed by atoms with Gasteiger partial charge < -0.3 is 24.4 Å². The van der Waals surface area contributed by atoms with Gasteiger partial charge in [-0.05, 0) is 36.4 Å². The molecule has 0 unspecified atom stereocenters. The fraction of sp³-hybridized carbons (Fsp3) is 0.333. The van der Waals surface area contributed by atoms with E-state index in [0.717, 1.165) is 0 Å². The van der Waals surface area contributed by atoms with Crippen molar-refractivity contribution in [3.05, 3.63) is 47.5 Å². The number of nitrogens with one attached hydrogen (secondary N) is 1. The Morgan fingerprint density at radius 1 is 1.14 bits per heavy atom. The second-order valence-electron chi connectivity index (χ2n) is 6.83. The summed E-state index contributed by atoms with van der Waals surface area (Å²) in [5.74, 6) is 1.34. The molecule has 1 N–H and O–H groups in total. The highest BCUT2D eigenvalue weighted by Crippen LogP contribution is 2.35. The molecule has 0 spiro atoms. The first kappa shape index (κ1) is 19.4. The van der Waals surface area contributed by atoms with Gasteiger partial charge in [0.2, 0.25) is 11.8 Å². The third kappa shape index (κ3) is 4.56. The van der Waals surface area contributed by atoms with Crippen LogP contribution in [0.1, 0.15) is 6.42 Å². The summed E-state index contributed by atoms with van der Waals surface area (Å²) in [4.78, 5) is 26.5. The molecule has 4 rings (SSSR count). The average molecular weight is 417 g/mol. The van der Waals surface area contributed by atoms with Crippen LogP contribution in [0.4, 0.5) is 5.69 Å². The summed E-state index contributed by atoms with van der Waals surface area (Å²) in [5.41, 5.74) is 0.709. The Hall–Kier alpha value is -2.93. The molecular weight excluding hydrogens is 396 g/mol. The molecule has 2 aliphatic rings. The lowest BCUT2D eigenvalue weighted by Crippen LogP contribution is -2.35. The fourth-order valence-electron chi connectivity index (χ4n) is 3.35. The number of ether oxygens (including phenoxy) is 3. The van der Waals surface area contributed by atoms with E-state index in [0.29, 0.717) is 60.9 Å². The topological polar surface area (TPSA) is 77.1 Å². The normalized spacial score (nSPS) is 17.9. The first-order valence-electron chi connectivity index (χ1n) is 9.46. The Kier molecular flexibility index (Phi) is 5.76. The molecule has 0 aliphatic carbocycles. The van der Waals surface area contributed by atoms with Crippen LogP contribution in [0.2, 0.25) is 5.02 Å². The molecule has 0 bridgehead atoms. The minimum Gasteiger partial charge on any atom is -0.492 e. The molecule has 2 aromatic carbocycles.